The zero-order chi connectivity index (χ0) is 21.5. The van der Waals surface area contributed by atoms with E-state index < -0.39 is 17.6 Å². The topological polar surface area (TPSA) is 87.7 Å². The molecule has 2 amide bonds. The van der Waals surface area contributed by atoms with Crippen molar-refractivity contribution in [3.8, 4) is 11.5 Å². The largest absolute Gasteiger partial charge is 0.457 e. The van der Waals surface area contributed by atoms with Crippen LogP contribution < -0.4 is 15.5 Å². The molecule has 152 valence electrons. The number of ether oxygens (including phenoxy) is 1. The lowest BCUT2D eigenvalue weighted by Gasteiger charge is -2.13. The van der Waals surface area contributed by atoms with E-state index in [2.05, 4.69) is 5.32 Å². The molecule has 8 heteroatoms. The number of amides is 2. The van der Waals surface area contributed by atoms with Gasteiger partial charge in [0.2, 0.25) is 0 Å². The molecule has 0 bridgehead atoms. The van der Waals surface area contributed by atoms with Crippen LogP contribution in [0.15, 0.2) is 72.8 Å². The maximum atomic E-state index is 13.1. The van der Waals surface area contributed by atoms with Crippen molar-refractivity contribution >= 4 is 35.2 Å². The normalized spacial score (nSPS) is 10.6. The fourth-order valence-electron chi connectivity index (χ4n) is 2.55. The molecule has 0 spiro atoms. The van der Waals surface area contributed by atoms with Crippen molar-refractivity contribution in [1.82, 2.24) is 5.48 Å². The minimum Gasteiger partial charge on any atom is -0.457 e. The maximum absolute atomic E-state index is 13.1. The second-order valence-electron chi connectivity index (χ2n) is 6.05. The van der Waals surface area contributed by atoms with Gasteiger partial charge in [0, 0.05) is 16.8 Å². The number of rotatable bonds is 6. The van der Waals surface area contributed by atoms with E-state index in [9.17, 15) is 14.0 Å². The first-order valence-electron chi connectivity index (χ1n) is 8.72. The van der Waals surface area contributed by atoms with Gasteiger partial charge in [0.15, 0.2) is 0 Å². The number of carbonyl (C=O) groups excluding carboxylic acids is 2. The van der Waals surface area contributed by atoms with Gasteiger partial charge in [0.25, 0.3) is 11.8 Å². The van der Waals surface area contributed by atoms with Gasteiger partial charge < -0.3 is 10.1 Å². The van der Waals surface area contributed by atoms with E-state index in [1.165, 1.54) is 41.9 Å². The third kappa shape index (κ3) is 5.44. The summed E-state index contributed by atoms with van der Waals surface area (Å²) >= 11 is 6.04. The molecule has 0 fully saturated rings. The van der Waals surface area contributed by atoms with E-state index in [1.54, 1.807) is 36.4 Å². The molecule has 0 aromatic heterocycles. The minimum atomic E-state index is -0.722. The minimum absolute atomic E-state index is 0.241. The Morgan fingerprint density at radius 3 is 2.50 bits per heavy atom. The molecule has 0 heterocycles. The molecule has 0 aliphatic rings. The summed E-state index contributed by atoms with van der Waals surface area (Å²) in [5.74, 6) is -0.945. The predicted molar refractivity (Wildman–Crippen MR) is 111 cm³/mol. The van der Waals surface area contributed by atoms with Gasteiger partial charge in [0.1, 0.15) is 17.3 Å². The van der Waals surface area contributed by atoms with Crippen LogP contribution in [0.1, 0.15) is 15.9 Å². The molecule has 3 rings (SSSR count). The number of hydrogen-bond donors (Lipinski definition) is 3. The third-order valence-corrected chi connectivity index (χ3v) is 4.20. The summed E-state index contributed by atoms with van der Waals surface area (Å²) in [6.07, 6.45) is 2.52. The second kappa shape index (κ2) is 9.69. The number of para-hydroxylation sites is 1. The Kier molecular flexibility index (Phi) is 6.79. The van der Waals surface area contributed by atoms with E-state index in [-0.39, 0.29) is 11.3 Å². The Morgan fingerprint density at radius 1 is 1.03 bits per heavy atom. The lowest BCUT2D eigenvalue weighted by atomic mass is 10.1. The zero-order valence-corrected chi connectivity index (χ0v) is 16.2. The summed E-state index contributed by atoms with van der Waals surface area (Å²) in [6.45, 7) is 0. The van der Waals surface area contributed by atoms with Crippen molar-refractivity contribution in [2.24, 2.45) is 0 Å². The number of hydrogen-bond acceptors (Lipinski definition) is 4. The first kappa shape index (κ1) is 21.0. The maximum Gasteiger partial charge on any atom is 0.267 e. The average molecular weight is 427 g/mol. The van der Waals surface area contributed by atoms with Gasteiger partial charge in [-0.15, -0.1) is 0 Å². The van der Waals surface area contributed by atoms with Crippen LogP contribution in [-0.2, 0) is 4.79 Å². The van der Waals surface area contributed by atoms with Crippen LogP contribution in [0.4, 0.5) is 10.1 Å². The highest BCUT2D eigenvalue weighted by atomic mass is 35.5. The van der Waals surface area contributed by atoms with Gasteiger partial charge in [-0.2, -0.15) is 0 Å². The smallest absolute Gasteiger partial charge is 0.267 e. The quantitative estimate of drug-likeness (QED) is 0.292. The Bertz CT molecular complexity index is 1100. The van der Waals surface area contributed by atoms with Gasteiger partial charge in [-0.3, -0.25) is 14.8 Å². The van der Waals surface area contributed by atoms with Gasteiger partial charge in [-0.05, 0) is 60.2 Å². The average Bonchev–Trinajstić information content (AvgIpc) is 2.75. The van der Waals surface area contributed by atoms with Crippen LogP contribution in [0.2, 0.25) is 5.02 Å². The molecular weight excluding hydrogens is 411 g/mol. The van der Waals surface area contributed by atoms with E-state index in [0.717, 1.165) is 6.08 Å². The molecule has 0 unspecified atom stereocenters. The summed E-state index contributed by atoms with van der Waals surface area (Å²) in [7, 11) is 0. The molecule has 0 aliphatic heterocycles. The third-order valence-electron chi connectivity index (χ3n) is 3.96. The van der Waals surface area contributed by atoms with Gasteiger partial charge in [0.05, 0.1) is 5.56 Å². The lowest BCUT2D eigenvalue weighted by molar-refractivity contribution is -0.124. The first-order valence-corrected chi connectivity index (χ1v) is 9.09. The first-order chi connectivity index (χ1) is 14.5. The number of hydroxylamine groups is 1. The van der Waals surface area contributed by atoms with Crippen LogP contribution in [0, 0.1) is 5.82 Å². The molecule has 0 aliphatic carbocycles. The molecule has 3 N–H and O–H groups in total. The van der Waals surface area contributed by atoms with Crippen molar-refractivity contribution < 1.29 is 23.9 Å². The fourth-order valence-corrected chi connectivity index (χ4v) is 2.72. The summed E-state index contributed by atoms with van der Waals surface area (Å²) in [4.78, 5) is 24.1. The van der Waals surface area contributed by atoms with E-state index in [1.807, 2.05) is 0 Å². The molecule has 0 atom stereocenters. The van der Waals surface area contributed by atoms with E-state index in [0.29, 0.717) is 22.0 Å². The molecule has 0 saturated heterocycles. The number of anilines is 1. The lowest BCUT2D eigenvalue weighted by Crippen LogP contribution is -2.15. The van der Waals surface area contributed by atoms with Crippen LogP contribution >= 0.6 is 11.6 Å². The molecule has 30 heavy (non-hydrogen) atoms. The number of benzene rings is 3. The molecule has 6 nitrogen and oxygen atoms in total. The Morgan fingerprint density at radius 2 is 1.77 bits per heavy atom. The Labute approximate surface area is 176 Å². The number of halogens is 2. The highest BCUT2D eigenvalue weighted by molar-refractivity contribution is 6.31. The summed E-state index contributed by atoms with van der Waals surface area (Å²) in [6, 6.07) is 16.7. The van der Waals surface area contributed by atoms with Crippen LogP contribution in [0.3, 0.4) is 0 Å². The highest BCUT2D eigenvalue weighted by Gasteiger charge is 2.15. The van der Waals surface area contributed by atoms with Gasteiger partial charge in [-0.25, -0.2) is 9.87 Å². The van der Waals surface area contributed by atoms with Gasteiger partial charge in [-0.1, -0.05) is 29.8 Å². The van der Waals surface area contributed by atoms with E-state index in [4.69, 9.17) is 21.5 Å². The monoisotopic (exact) mass is 426 g/mol. The zero-order valence-electron chi connectivity index (χ0n) is 15.4. The summed E-state index contributed by atoms with van der Waals surface area (Å²) < 4.78 is 18.8. The van der Waals surface area contributed by atoms with Crippen molar-refractivity contribution in [2.45, 2.75) is 0 Å². The summed E-state index contributed by atoms with van der Waals surface area (Å²) in [5, 5.41) is 11.7. The van der Waals surface area contributed by atoms with Crippen LogP contribution in [-0.4, -0.2) is 17.0 Å². The molecule has 3 aromatic carbocycles. The SMILES string of the molecule is O=C(/C=C/c1ccc(Cl)cc1NC(=O)c1ccccc1Oc1ccc(F)cc1)NO. The van der Waals surface area contributed by atoms with Crippen LogP contribution in [0.25, 0.3) is 6.08 Å². The molecule has 0 saturated carbocycles. The fraction of sp³-hybridized carbons (Fsp3) is 0. The van der Waals surface area contributed by atoms with Crippen molar-refractivity contribution in [2.75, 3.05) is 5.32 Å². The number of carbonyl (C=O) groups is 2. The predicted octanol–water partition coefficient (Wildman–Crippen LogP) is 5.04. The Hall–Kier alpha value is -3.68. The highest BCUT2D eigenvalue weighted by Crippen LogP contribution is 2.28. The van der Waals surface area contributed by atoms with Crippen molar-refractivity contribution in [3.63, 3.8) is 0 Å². The van der Waals surface area contributed by atoms with Gasteiger partial charge >= 0.3 is 0 Å². The van der Waals surface area contributed by atoms with Crippen molar-refractivity contribution in [1.29, 1.82) is 0 Å². The van der Waals surface area contributed by atoms with Crippen molar-refractivity contribution in [3.05, 3.63) is 94.8 Å². The summed E-state index contributed by atoms with van der Waals surface area (Å²) in [5.41, 5.74) is 2.57. The molecular formula is C22H16ClFN2O4. The van der Waals surface area contributed by atoms with Crippen LogP contribution in [0.5, 0.6) is 11.5 Å². The Balaban J connectivity index is 1.86. The molecule has 3 aromatic rings. The van der Waals surface area contributed by atoms with E-state index >= 15 is 0 Å². The standard InChI is InChI=1S/C22H16ClFN2O4/c23-15-7-5-14(6-12-21(27)26-29)19(13-15)25-22(28)18-3-1-2-4-20(18)30-17-10-8-16(24)9-11-17/h1-13,29H,(H,25,28)(H,26,27)/b12-6+. The molecule has 0 radical (unpaired) electrons. The second-order valence-corrected chi connectivity index (χ2v) is 6.48. The number of nitrogens with one attached hydrogen (secondary N) is 2.